The first-order valence-electron chi connectivity index (χ1n) is 10.2. The van der Waals surface area contributed by atoms with E-state index >= 15 is 0 Å². The summed E-state index contributed by atoms with van der Waals surface area (Å²) in [6, 6.07) is 0. The van der Waals surface area contributed by atoms with Gasteiger partial charge in [-0.15, -0.1) is 0 Å². The van der Waals surface area contributed by atoms with Gasteiger partial charge in [0.25, 0.3) is 21.2 Å². The fraction of sp³-hybridized carbons (Fsp3) is 0.467. The molecule has 2 unspecified atom stereocenters. The highest BCUT2D eigenvalue weighted by Crippen LogP contribution is 2.60. The van der Waals surface area contributed by atoms with Crippen molar-refractivity contribution >= 4 is 40.4 Å². The lowest BCUT2D eigenvalue weighted by Gasteiger charge is -2.37. The van der Waals surface area contributed by atoms with Crippen LogP contribution in [-0.4, -0.2) is 46.6 Å². The molecule has 24 heteroatoms. The molecule has 0 saturated carbocycles. The van der Waals surface area contributed by atoms with Gasteiger partial charge in [0.15, 0.2) is 5.65 Å². The Hall–Kier alpha value is -2.62. The third kappa shape index (κ3) is 8.43. The molecule has 2 aromatic heterocycles. The Morgan fingerprint density at radius 1 is 1.28 bits per heavy atom. The number of anilines is 1. The number of ether oxygens (including phenoxy) is 2. The van der Waals surface area contributed by atoms with Crippen molar-refractivity contribution in [3.05, 3.63) is 32.6 Å². The SMILES string of the molecule is [N-]=[N+]=NCO[C@H]1C[C@@H](n2cc(C#CCN)c3c(=O)[nH]c(N)nc32)O[C@H]1COP(=O)([O-])OP(=O)([O-])OP(=O)([O-])[O-]. The monoisotopic (exact) mass is 610 g/mol. The second-order valence-electron chi connectivity index (χ2n) is 7.34. The molecule has 0 bridgehead atoms. The highest BCUT2D eigenvalue weighted by Gasteiger charge is 2.39. The molecule has 39 heavy (non-hydrogen) atoms. The molecule has 1 aliphatic heterocycles. The van der Waals surface area contributed by atoms with Crippen LogP contribution in [0.15, 0.2) is 16.1 Å². The van der Waals surface area contributed by atoms with E-state index in [-0.39, 0.29) is 35.5 Å². The fourth-order valence-corrected chi connectivity index (χ4v) is 6.30. The van der Waals surface area contributed by atoms with E-state index in [0.717, 1.165) is 0 Å². The number of aromatic nitrogens is 3. The number of hydrogen-bond acceptors (Lipinski definition) is 17. The molecule has 2 aromatic rings. The van der Waals surface area contributed by atoms with Gasteiger partial charge in [0.05, 0.1) is 38.0 Å². The Kier molecular flexibility index (Phi) is 9.73. The van der Waals surface area contributed by atoms with Crippen LogP contribution in [0.25, 0.3) is 21.5 Å². The number of nitrogen functional groups attached to an aromatic ring is 1. The van der Waals surface area contributed by atoms with Crippen LogP contribution in [-0.2, 0) is 36.3 Å². The smallest absolute Gasteiger partial charge is 0.278 e. The van der Waals surface area contributed by atoms with Gasteiger partial charge in [-0.3, -0.25) is 23.2 Å². The normalized spacial score (nSPS) is 22.4. The topological polar surface area (TPSA) is 341 Å². The Balaban J connectivity index is 1.87. The van der Waals surface area contributed by atoms with Gasteiger partial charge < -0.3 is 54.2 Å². The molecule has 5 atom stereocenters. The highest BCUT2D eigenvalue weighted by molar-refractivity contribution is 7.64. The minimum Gasteiger partial charge on any atom is -0.790 e. The number of azide groups is 1. The molecule has 0 aromatic carbocycles. The van der Waals surface area contributed by atoms with Crippen molar-refractivity contribution in [1.82, 2.24) is 14.5 Å². The summed E-state index contributed by atoms with van der Waals surface area (Å²) in [6.07, 6.45) is -2.10. The van der Waals surface area contributed by atoms with E-state index in [0.29, 0.717) is 0 Å². The van der Waals surface area contributed by atoms with Gasteiger partial charge in [-0.2, -0.15) is 4.98 Å². The first kappa shape index (κ1) is 30.9. The lowest BCUT2D eigenvalue weighted by Crippen LogP contribution is -2.30. The minimum absolute atomic E-state index is 0.0263. The van der Waals surface area contributed by atoms with E-state index in [1.165, 1.54) is 10.8 Å². The van der Waals surface area contributed by atoms with Gasteiger partial charge in [0.1, 0.15) is 19.1 Å². The zero-order chi connectivity index (χ0) is 29.0. The van der Waals surface area contributed by atoms with Crippen LogP contribution in [0.3, 0.4) is 0 Å². The fourth-order valence-electron chi connectivity index (χ4n) is 3.43. The van der Waals surface area contributed by atoms with Gasteiger partial charge >= 0.3 is 0 Å². The van der Waals surface area contributed by atoms with Crippen molar-refractivity contribution in [3.63, 3.8) is 0 Å². The standard InChI is InChI=1S/C15H21N8O13P3/c16-3-1-2-8-5-23(13-12(8)14(24)21-15(17)20-13)11-4-9(32-7-19-22-18)10(34-11)6-33-38(28,29)36-39(30,31)35-37(25,26)27/h5,9-11H,3-4,6-7,16H2,(H,28,29)(H,30,31)(H2,25,26,27)(H3,17,20,21,24)/p-4/t9-,10-,11-/m0/s1. The van der Waals surface area contributed by atoms with Gasteiger partial charge in [0, 0.05) is 17.5 Å². The molecule has 3 rings (SSSR count). The summed E-state index contributed by atoms with van der Waals surface area (Å²) in [7, 11) is -18.2. The Morgan fingerprint density at radius 3 is 2.64 bits per heavy atom. The number of nitrogens with zero attached hydrogens (tertiary/aromatic N) is 5. The van der Waals surface area contributed by atoms with E-state index in [2.05, 4.69) is 45.0 Å². The Labute approximate surface area is 217 Å². The van der Waals surface area contributed by atoms with Gasteiger partial charge in [-0.1, -0.05) is 17.0 Å². The van der Waals surface area contributed by atoms with Crippen LogP contribution >= 0.6 is 23.5 Å². The first-order chi connectivity index (χ1) is 18.1. The predicted molar refractivity (Wildman–Crippen MR) is 119 cm³/mol. The quantitative estimate of drug-likeness (QED) is 0.0770. The third-order valence-corrected chi connectivity index (χ3v) is 8.39. The van der Waals surface area contributed by atoms with Crippen molar-refractivity contribution in [2.45, 2.75) is 24.9 Å². The predicted octanol–water partition coefficient (Wildman–Crippen LogP) is -2.63. The molecule has 0 radical (unpaired) electrons. The van der Waals surface area contributed by atoms with Crippen molar-refractivity contribution in [2.75, 3.05) is 25.6 Å². The van der Waals surface area contributed by atoms with E-state index < -0.39 is 60.8 Å². The van der Waals surface area contributed by atoms with Gasteiger partial charge in [-0.25, -0.2) is 4.31 Å². The summed E-state index contributed by atoms with van der Waals surface area (Å²) in [5.41, 5.74) is 19.2. The van der Waals surface area contributed by atoms with Crippen molar-refractivity contribution in [3.8, 4) is 11.8 Å². The molecule has 0 aliphatic carbocycles. The zero-order valence-corrected chi connectivity index (χ0v) is 21.9. The summed E-state index contributed by atoms with van der Waals surface area (Å²) in [5.74, 6) is 5.06. The molecule has 21 nitrogen and oxygen atoms in total. The maximum atomic E-state index is 12.5. The second-order valence-corrected chi connectivity index (χ2v) is 11.6. The summed E-state index contributed by atoms with van der Waals surface area (Å²) in [6.45, 7) is -1.53. The van der Waals surface area contributed by atoms with Crippen LogP contribution in [0.5, 0.6) is 0 Å². The van der Waals surface area contributed by atoms with Crippen LogP contribution in [0.2, 0.25) is 0 Å². The lowest BCUT2D eigenvalue weighted by molar-refractivity contribution is -0.339. The number of phosphoric ester groups is 1. The number of rotatable bonds is 11. The first-order valence-corrected chi connectivity index (χ1v) is 14.6. The van der Waals surface area contributed by atoms with Crippen LogP contribution < -0.4 is 36.6 Å². The van der Waals surface area contributed by atoms with E-state index in [9.17, 15) is 38.1 Å². The van der Waals surface area contributed by atoms with Crippen molar-refractivity contribution < 1.29 is 55.9 Å². The maximum absolute atomic E-state index is 12.5. The molecule has 5 N–H and O–H groups in total. The highest BCUT2D eigenvalue weighted by atomic mass is 31.3. The average molecular weight is 610 g/mol. The van der Waals surface area contributed by atoms with E-state index in [1.807, 2.05) is 0 Å². The van der Waals surface area contributed by atoms with Gasteiger partial charge in [0.2, 0.25) is 5.95 Å². The maximum Gasteiger partial charge on any atom is 0.278 e. The molecular formula is C15H17N8O13P3-4. The molecular weight excluding hydrogens is 593 g/mol. The van der Waals surface area contributed by atoms with Crippen LogP contribution in [0.1, 0.15) is 18.2 Å². The molecule has 0 amide bonds. The molecule has 1 saturated heterocycles. The molecule has 3 heterocycles. The Bertz CT molecular complexity index is 1540. The van der Waals surface area contributed by atoms with Crippen molar-refractivity contribution in [2.24, 2.45) is 10.8 Å². The molecule has 1 fully saturated rings. The summed E-state index contributed by atoms with van der Waals surface area (Å²) in [4.78, 5) is 65.7. The number of hydrogen-bond donors (Lipinski definition) is 3. The Morgan fingerprint density at radius 2 is 2.00 bits per heavy atom. The second kappa shape index (κ2) is 12.3. The number of fused-ring (bicyclic) bond motifs is 1. The van der Waals surface area contributed by atoms with Crippen LogP contribution in [0.4, 0.5) is 5.95 Å². The van der Waals surface area contributed by atoms with Crippen LogP contribution in [0, 0.1) is 11.8 Å². The number of nitrogens with one attached hydrogen (secondary N) is 1. The summed E-state index contributed by atoms with van der Waals surface area (Å²) < 4.78 is 57.4. The third-order valence-electron chi connectivity index (χ3n) is 4.72. The number of H-pyrrole nitrogens is 1. The number of phosphoric acid groups is 3. The summed E-state index contributed by atoms with van der Waals surface area (Å²) in [5, 5.41) is 3.24. The number of nitrogens with two attached hydrogens (primary N) is 2. The zero-order valence-electron chi connectivity index (χ0n) is 19.2. The largest absolute Gasteiger partial charge is 0.790 e. The van der Waals surface area contributed by atoms with E-state index in [4.69, 9.17) is 26.5 Å². The van der Waals surface area contributed by atoms with E-state index in [1.54, 1.807) is 0 Å². The van der Waals surface area contributed by atoms with Gasteiger partial charge in [-0.05, 0) is 5.53 Å². The average Bonchev–Trinajstić information content (AvgIpc) is 3.35. The minimum atomic E-state index is -6.18. The molecule has 214 valence electrons. The molecule has 0 spiro atoms. The lowest BCUT2D eigenvalue weighted by atomic mass is 10.2. The van der Waals surface area contributed by atoms with Crippen molar-refractivity contribution in [1.29, 1.82) is 0 Å². The summed E-state index contributed by atoms with van der Waals surface area (Å²) >= 11 is 0. The number of aromatic amines is 1. The molecule has 1 aliphatic rings.